The van der Waals surface area contributed by atoms with Crippen LogP contribution in [-0.2, 0) is 9.59 Å². The number of benzene rings is 2. The van der Waals surface area contributed by atoms with Gasteiger partial charge in [0.05, 0.1) is 30.5 Å². The highest BCUT2D eigenvalue weighted by molar-refractivity contribution is 9.10. The van der Waals surface area contributed by atoms with Crippen LogP contribution in [0.3, 0.4) is 0 Å². The Labute approximate surface area is 172 Å². The summed E-state index contributed by atoms with van der Waals surface area (Å²) < 4.78 is 12.0. The molecule has 0 aliphatic carbocycles. The molecule has 1 aliphatic heterocycles. The van der Waals surface area contributed by atoms with Gasteiger partial charge in [-0.3, -0.25) is 9.59 Å². The van der Waals surface area contributed by atoms with Gasteiger partial charge in [0, 0.05) is 23.5 Å². The van der Waals surface area contributed by atoms with Crippen molar-refractivity contribution in [1.82, 2.24) is 0 Å². The Bertz CT molecular complexity index is 871. The maximum Gasteiger partial charge on any atom is 0.229 e. The van der Waals surface area contributed by atoms with Crippen LogP contribution >= 0.6 is 15.9 Å². The minimum absolute atomic E-state index is 0.0693. The van der Waals surface area contributed by atoms with E-state index in [-0.39, 0.29) is 18.2 Å². The van der Waals surface area contributed by atoms with Crippen molar-refractivity contribution in [2.75, 3.05) is 30.0 Å². The third kappa shape index (κ3) is 4.47. The summed E-state index contributed by atoms with van der Waals surface area (Å²) >= 11 is 3.47. The van der Waals surface area contributed by atoms with Gasteiger partial charge in [-0.25, -0.2) is 0 Å². The molecule has 1 fully saturated rings. The van der Waals surface area contributed by atoms with E-state index in [9.17, 15) is 9.59 Å². The second-order valence-corrected chi connectivity index (χ2v) is 7.22. The number of hydrogen-bond donors (Lipinski definition) is 1. The van der Waals surface area contributed by atoms with Gasteiger partial charge < -0.3 is 19.7 Å². The quantitative estimate of drug-likeness (QED) is 0.690. The zero-order valence-corrected chi connectivity index (χ0v) is 17.5. The smallest absolute Gasteiger partial charge is 0.229 e. The molecular weight excluding hydrogens is 424 g/mol. The van der Waals surface area contributed by atoms with Crippen molar-refractivity contribution in [2.24, 2.45) is 5.92 Å². The Balaban J connectivity index is 1.76. The van der Waals surface area contributed by atoms with Gasteiger partial charge in [0.2, 0.25) is 11.8 Å². The van der Waals surface area contributed by atoms with Crippen molar-refractivity contribution in [2.45, 2.75) is 20.3 Å². The molecule has 0 bridgehead atoms. The second kappa shape index (κ2) is 9.10. The third-order valence-corrected chi connectivity index (χ3v) is 5.13. The molecule has 2 aromatic carbocycles. The first-order valence-corrected chi connectivity index (χ1v) is 10.1. The maximum absolute atomic E-state index is 12.8. The van der Waals surface area contributed by atoms with E-state index in [4.69, 9.17) is 9.47 Å². The molecule has 1 heterocycles. The Kier molecular flexibility index (Phi) is 6.57. The summed E-state index contributed by atoms with van der Waals surface area (Å²) in [5.41, 5.74) is 1.32. The highest BCUT2D eigenvalue weighted by Gasteiger charge is 2.36. The maximum atomic E-state index is 12.8. The first-order chi connectivity index (χ1) is 13.5. The SMILES string of the molecule is CCOc1ccc(OCC)c(NC(=O)C2CC(=O)N(c3ccccc3Br)C2)c1. The fraction of sp³-hybridized carbons (Fsp3) is 0.333. The van der Waals surface area contributed by atoms with Crippen LogP contribution in [0.25, 0.3) is 0 Å². The topological polar surface area (TPSA) is 67.9 Å². The fourth-order valence-electron chi connectivity index (χ4n) is 3.17. The Morgan fingerprint density at radius 1 is 1.18 bits per heavy atom. The first kappa shape index (κ1) is 20.2. The van der Waals surface area contributed by atoms with E-state index in [1.165, 1.54) is 0 Å². The summed E-state index contributed by atoms with van der Waals surface area (Å²) in [4.78, 5) is 27.0. The lowest BCUT2D eigenvalue weighted by Crippen LogP contribution is -2.28. The summed E-state index contributed by atoms with van der Waals surface area (Å²) in [6.07, 6.45) is 0.169. The van der Waals surface area contributed by atoms with Crippen LogP contribution in [0.15, 0.2) is 46.9 Å². The van der Waals surface area contributed by atoms with E-state index in [0.29, 0.717) is 36.9 Å². The van der Waals surface area contributed by atoms with Crippen LogP contribution in [0.2, 0.25) is 0 Å². The third-order valence-electron chi connectivity index (χ3n) is 4.46. The normalized spacial score (nSPS) is 16.2. The molecule has 1 N–H and O–H groups in total. The fourth-order valence-corrected chi connectivity index (χ4v) is 3.66. The summed E-state index contributed by atoms with van der Waals surface area (Å²) in [6.45, 7) is 5.12. The summed E-state index contributed by atoms with van der Waals surface area (Å²) in [5, 5.41) is 2.91. The zero-order chi connectivity index (χ0) is 20.1. The van der Waals surface area contributed by atoms with Crippen molar-refractivity contribution in [3.8, 4) is 11.5 Å². The number of ether oxygens (including phenoxy) is 2. The molecule has 1 saturated heterocycles. The van der Waals surface area contributed by atoms with Gasteiger partial charge in [0.15, 0.2) is 0 Å². The molecule has 2 aromatic rings. The number of nitrogens with one attached hydrogen (secondary N) is 1. The van der Waals surface area contributed by atoms with E-state index in [1.807, 2.05) is 38.1 Å². The van der Waals surface area contributed by atoms with Crippen LogP contribution in [0, 0.1) is 5.92 Å². The molecule has 0 saturated carbocycles. The van der Waals surface area contributed by atoms with Crippen molar-refractivity contribution < 1.29 is 19.1 Å². The van der Waals surface area contributed by atoms with Gasteiger partial charge in [0.1, 0.15) is 11.5 Å². The van der Waals surface area contributed by atoms with E-state index >= 15 is 0 Å². The molecule has 0 radical (unpaired) electrons. The van der Waals surface area contributed by atoms with Crippen LogP contribution in [-0.4, -0.2) is 31.6 Å². The average molecular weight is 447 g/mol. The van der Waals surface area contributed by atoms with Crippen LogP contribution < -0.4 is 19.7 Å². The lowest BCUT2D eigenvalue weighted by Gasteiger charge is -2.18. The minimum atomic E-state index is -0.440. The van der Waals surface area contributed by atoms with E-state index in [0.717, 1.165) is 10.2 Å². The predicted molar refractivity (Wildman–Crippen MR) is 112 cm³/mol. The van der Waals surface area contributed by atoms with Gasteiger partial charge in [-0.15, -0.1) is 0 Å². The predicted octanol–water partition coefficient (Wildman–Crippen LogP) is 4.24. The number of nitrogens with zero attached hydrogens (tertiary/aromatic N) is 1. The van der Waals surface area contributed by atoms with Crippen LogP contribution in [0.1, 0.15) is 20.3 Å². The number of carbonyl (C=O) groups excluding carboxylic acids is 2. The van der Waals surface area contributed by atoms with Crippen molar-refractivity contribution in [1.29, 1.82) is 0 Å². The zero-order valence-electron chi connectivity index (χ0n) is 15.9. The Morgan fingerprint density at radius 3 is 2.64 bits per heavy atom. The molecule has 1 atom stereocenters. The summed E-state index contributed by atoms with van der Waals surface area (Å²) in [6, 6.07) is 12.8. The molecule has 0 spiro atoms. The molecule has 148 valence electrons. The molecule has 2 amide bonds. The lowest BCUT2D eigenvalue weighted by atomic mass is 10.1. The number of anilines is 2. The molecule has 0 aromatic heterocycles. The largest absolute Gasteiger partial charge is 0.494 e. The van der Waals surface area contributed by atoms with Crippen LogP contribution in [0.5, 0.6) is 11.5 Å². The molecule has 1 unspecified atom stereocenters. The van der Waals surface area contributed by atoms with Crippen molar-refractivity contribution in [3.05, 3.63) is 46.9 Å². The molecule has 1 aliphatic rings. The van der Waals surface area contributed by atoms with E-state index in [2.05, 4.69) is 21.2 Å². The molecule has 28 heavy (non-hydrogen) atoms. The molecule has 7 heteroatoms. The summed E-state index contributed by atoms with van der Waals surface area (Å²) in [5.74, 6) is 0.507. The second-order valence-electron chi connectivity index (χ2n) is 6.37. The molecule has 6 nitrogen and oxygen atoms in total. The number of amides is 2. The Hall–Kier alpha value is -2.54. The van der Waals surface area contributed by atoms with Crippen molar-refractivity contribution in [3.63, 3.8) is 0 Å². The number of carbonyl (C=O) groups is 2. The van der Waals surface area contributed by atoms with Gasteiger partial charge in [-0.1, -0.05) is 12.1 Å². The minimum Gasteiger partial charge on any atom is -0.494 e. The highest BCUT2D eigenvalue weighted by Crippen LogP contribution is 2.33. The number of para-hydroxylation sites is 1. The first-order valence-electron chi connectivity index (χ1n) is 9.28. The van der Waals surface area contributed by atoms with E-state index in [1.54, 1.807) is 23.1 Å². The monoisotopic (exact) mass is 446 g/mol. The lowest BCUT2D eigenvalue weighted by molar-refractivity contribution is -0.122. The highest BCUT2D eigenvalue weighted by atomic mass is 79.9. The van der Waals surface area contributed by atoms with Crippen molar-refractivity contribution >= 4 is 39.1 Å². The number of rotatable bonds is 7. The number of hydrogen-bond acceptors (Lipinski definition) is 4. The number of halogens is 1. The average Bonchev–Trinajstić information content (AvgIpc) is 3.06. The summed E-state index contributed by atoms with van der Waals surface area (Å²) in [7, 11) is 0. The standard InChI is InChI=1S/C21H23BrN2O4/c1-3-27-15-9-10-19(28-4-2)17(12-15)23-21(26)14-11-20(25)24(13-14)18-8-6-5-7-16(18)22/h5-10,12,14H,3-4,11,13H2,1-2H3,(H,23,26). The van der Waals surface area contributed by atoms with Gasteiger partial charge in [-0.05, 0) is 54.0 Å². The Morgan fingerprint density at radius 2 is 1.93 bits per heavy atom. The van der Waals surface area contributed by atoms with Gasteiger partial charge in [-0.2, -0.15) is 0 Å². The van der Waals surface area contributed by atoms with E-state index < -0.39 is 5.92 Å². The molecule has 3 rings (SSSR count). The molecular formula is C21H23BrN2O4. The van der Waals surface area contributed by atoms with Gasteiger partial charge >= 0.3 is 0 Å². The van der Waals surface area contributed by atoms with Crippen LogP contribution in [0.4, 0.5) is 11.4 Å². The van der Waals surface area contributed by atoms with Gasteiger partial charge in [0.25, 0.3) is 0 Å².